The zero-order chi connectivity index (χ0) is 23.5. The van der Waals surface area contributed by atoms with Crippen molar-refractivity contribution in [1.29, 1.82) is 0 Å². The third-order valence-corrected chi connectivity index (χ3v) is 6.20. The molecule has 4 aromatic rings. The molecular formula is C28H27N5O. The molecule has 0 bridgehead atoms. The Kier molecular flexibility index (Phi) is 5.95. The Balaban J connectivity index is 1.59. The maximum absolute atomic E-state index is 12.1. The van der Waals surface area contributed by atoms with Crippen LogP contribution in [0.4, 0.5) is 5.82 Å². The van der Waals surface area contributed by atoms with Crippen molar-refractivity contribution in [2.45, 2.75) is 25.9 Å². The molecule has 1 aromatic heterocycles. The number of aryl methyl sites for hydroxylation is 1. The van der Waals surface area contributed by atoms with Gasteiger partial charge in [0.2, 0.25) is 6.41 Å². The maximum Gasteiger partial charge on any atom is 0.230 e. The summed E-state index contributed by atoms with van der Waals surface area (Å²) in [7, 11) is 2.07. The third kappa shape index (κ3) is 4.10. The van der Waals surface area contributed by atoms with Gasteiger partial charge in [0.25, 0.3) is 0 Å². The minimum Gasteiger partial charge on any atom is -0.355 e. The summed E-state index contributed by atoms with van der Waals surface area (Å²) in [6.45, 7) is 2.73. The maximum atomic E-state index is 12.1. The summed E-state index contributed by atoms with van der Waals surface area (Å²) >= 11 is 0. The molecule has 6 heteroatoms. The molecule has 1 aliphatic rings. The van der Waals surface area contributed by atoms with Crippen molar-refractivity contribution < 1.29 is 4.79 Å². The van der Waals surface area contributed by atoms with E-state index in [4.69, 9.17) is 5.10 Å². The molecule has 170 valence electrons. The van der Waals surface area contributed by atoms with Crippen LogP contribution in [0, 0.1) is 6.92 Å². The summed E-state index contributed by atoms with van der Waals surface area (Å²) in [6, 6.07) is 30.3. The summed E-state index contributed by atoms with van der Waals surface area (Å²) < 4.78 is 1.98. The Morgan fingerprint density at radius 3 is 2.21 bits per heavy atom. The minimum absolute atomic E-state index is 0.224. The zero-order valence-electron chi connectivity index (χ0n) is 19.4. The van der Waals surface area contributed by atoms with E-state index >= 15 is 0 Å². The number of aromatic nitrogens is 2. The van der Waals surface area contributed by atoms with E-state index in [0.29, 0.717) is 13.0 Å². The van der Waals surface area contributed by atoms with Gasteiger partial charge in [-0.15, -0.1) is 0 Å². The smallest absolute Gasteiger partial charge is 0.230 e. The van der Waals surface area contributed by atoms with Crippen LogP contribution >= 0.6 is 0 Å². The number of amides is 1. The van der Waals surface area contributed by atoms with Gasteiger partial charge in [-0.1, -0.05) is 78.9 Å². The predicted molar refractivity (Wildman–Crippen MR) is 135 cm³/mol. The molecule has 1 atom stereocenters. The van der Waals surface area contributed by atoms with Crippen LogP contribution in [0.25, 0.3) is 5.69 Å². The Bertz CT molecular complexity index is 1300. The van der Waals surface area contributed by atoms with Crippen LogP contribution in [0.2, 0.25) is 0 Å². The Hall–Kier alpha value is -4.19. The molecule has 0 aliphatic carbocycles. The van der Waals surface area contributed by atoms with Crippen LogP contribution in [0.1, 0.15) is 34.8 Å². The van der Waals surface area contributed by atoms with E-state index in [2.05, 4.69) is 41.3 Å². The molecule has 0 saturated heterocycles. The first-order valence-electron chi connectivity index (χ1n) is 11.4. The van der Waals surface area contributed by atoms with Crippen molar-refractivity contribution in [2.75, 3.05) is 11.9 Å². The van der Waals surface area contributed by atoms with Gasteiger partial charge in [0.15, 0.2) is 0 Å². The quantitative estimate of drug-likeness (QED) is 0.368. The van der Waals surface area contributed by atoms with Crippen molar-refractivity contribution in [3.05, 3.63) is 113 Å². The molecule has 34 heavy (non-hydrogen) atoms. The van der Waals surface area contributed by atoms with Gasteiger partial charge < -0.3 is 4.90 Å². The van der Waals surface area contributed by atoms with E-state index in [0.717, 1.165) is 40.4 Å². The molecule has 5 rings (SSSR count). The second kappa shape index (κ2) is 9.35. The van der Waals surface area contributed by atoms with Gasteiger partial charge in [-0.05, 0) is 30.2 Å². The Morgan fingerprint density at radius 1 is 0.941 bits per heavy atom. The molecule has 0 fully saturated rings. The lowest BCUT2D eigenvalue weighted by molar-refractivity contribution is -0.119. The summed E-state index contributed by atoms with van der Waals surface area (Å²) in [6.07, 6.45) is 1.46. The van der Waals surface area contributed by atoms with Gasteiger partial charge in [0.05, 0.1) is 23.1 Å². The number of benzene rings is 3. The molecule has 3 aromatic carbocycles. The Labute approximate surface area is 199 Å². The predicted octanol–water partition coefficient (Wildman–Crippen LogP) is 5.12. The molecule has 0 spiro atoms. The van der Waals surface area contributed by atoms with Crippen LogP contribution in [0.3, 0.4) is 0 Å². The molecule has 6 nitrogen and oxygen atoms in total. The molecule has 0 N–H and O–H groups in total. The first-order chi connectivity index (χ1) is 16.7. The van der Waals surface area contributed by atoms with Crippen LogP contribution in [0.15, 0.2) is 96.1 Å². The lowest BCUT2D eigenvalue weighted by Crippen LogP contribution is -2.25. The highest BCUT2D eigenvalue weighted by Gasteiger charge is 2.35. The van der Waals surface area contributed by atoms with Crippen molar-refractivity contribution in [3.8, 4) is 5.69 Å². The molecule has 0 saturated carbocycles. The number of carbonyl (C=O) groups excluding carboxylic acids is 1. The first-order valence-corrected chi connectivity index (χ1v) is 11.4. The second-order valence-electron chi connectivity index (χ2n) is 8.53. The third-order valence-electron chi connectivity index (χ3n) is 6.20. The number of nitrogens with zero attached hydrogens (tertiary/aromatic N) is 5. The number of carbonyl (C=O) groups is 1. The van der Waals surface area contributed by atoms with Crippen LogP contribution in [0.5, 0.6) is 0 Å². The number of hydrogen-bond donors (Lipinski definition) is 0. The van der Waals surface area contributed by atoms with E-state index in [1.165, 1.54) is 5.56 Å². The average molecular weight is 450 g/mol. The normalized spacial score (nSPS) is 15.3. The number of anilines is 1. The summed E-state index contributed by atoms with van der Waals surface area (Å²) in [5, 5.41) is 11.1. The number of hydrogen-bond acceptors (Lipinski definition) is 4. The average Bonchev–Trinajstić information content (AvgIpc) is 3.46. The highest BCUT2D eigenvalue weighted by Crippen LogP contribution is 2.40. The molecular weight excluding hydrogens is 422 g/mol. The van der Waals surface area contributed by atoms with Crippen molar-refractivity contribution in [1.82, 2.24) is 14.8 Å². The van der Waals surface area contributed by atoms with Gasteiger partial charge >= 0.3 is 0 Å². The van der Waals surface area contributed by atoms with Crippen molar-refractivity contribution >= 4 is 17.9 Å². The summed E-state index contributed by atoms with van der Waals surface area (Å²) in [5.41, 5.74) is 6.02. The molecule has 1 aliphatic heterocycles. The summed E-state index contributed by atoms with van der Waals surface area (Å²) in [4.78, 5) is 14.3. The van der Waals surface area contributed by atoms with Gasteiger partial charge in [0.1, 0.15) is 5.82 Å². The number of hydrazone groups is 1. The van der Waals surface area contributed by atoms with E-state index in [-0.39, 0.29) is 6.04 Å². The fourth-order valence-corrected chi connectivity index (χ4v) is 4.63. The number of para-hydroxylation sites is 1. The Morgan fingerprint density at radius 2 is 1.56 bits per heavy atom. The topological polar surface area (TPSA) is 53.7 Å². The highest BCUT2D eigenvalue weighted by molar-refractivity contribution is 6.02. The van der Waals surface area contributed by atoms with E-state index in [1.54, 1.807) is 5.01 Å². The second-order valence-corrected chi connectivity index (χ2v) is 8.53. The van der Waals surface area contributed by atoms with Gasteiger partial charge in [-0.25, -0.2) is 9.69 Å². The molecule has 0 radical (unpaired) electrons. The molecule has 2 heterocycles. The van der Waals surface area contributed by atoms with Crippen LogP contribution in [-0.2, 0) is 11.3 Å². The van der Waals surface area contributed by atoms with Crippen molar-refractivity contribution in [3.63, 3.8) is 0 Å². The fraction of sp³-hybridized carbons (Fsp3) is 0.179. The SMILES string of the molecule is Cc1nn(-c2ccccc2)c(N(C)Cc2ccccc2)c1[C@H]1CC(c2ccccc2)=NN1C=O. The van der Waals surface area contributed by atoms with Crippen LogP contribution < -0.4 is 4.90 Å². The van der Waals surface area contributed by atoms with E-state index < -0.39 is 0 Å². The van der Waals surface area contributed by atoms with Gasteiger partial charge in [0, 0.05) is 25.6 Å². The monoisotopic (exact) mass is 449 g/mol. The lowest BCUT2D eigenvalue weighted by Gasteiger charge is -2.26. The fourth-order valence-electron chi connectivity index (χ4n) is 4.63. The minimum atomic E-state index is -0.224. The van der Waals surface area contributed by atoms with E-state index in [9.17, 15) is 4.79 Å². The molecule has 1 amide bonds. The van der Waals surface area contributed by atoms with Crippen molar-refractivity contribution in [2.24, 2.45) is 5.10 Å². The molecule has 0 unspecified atom stereocenters. The largest absolute Gasteiger partial charge is 0.355 e. The van der Waals surface area contributed by atoms with Crippen LogP contribution in [-0.4, -0.2) is 34.0 Å². The van der Waals surface area contributed by atoms with Gasteiger partial charge in [-0.3, -0.25) is 4.79 Å². The standard InChI is InChI=1S/C28H27N5O/c1-21-27(26-18-25(30-32(26)20-34)23-14-8-4-9-15-23)28(31(2)19-22-12-6-3-7-13-22)33(29-21)24-16-10-5-11-17-24/h3-17,20,26H,18-19H2,1-2H3/t26-/m1/s1. The zero-order valence-corrected chi connectivity index (χ0v) is 19.4. The highest BCUT2D eigenvalue weighted by atomic mass is 16.1. The number of rotatable bonds is 7. The first kappa shape index (κ1) is 21.6. The van der Waals surface area contributed by atoms with Gasteiger partial charge in [-0.2, -0.15) is 10.2 Å². The lowest BCUT2D eigenvalue weighted by atomic mass is 9.98. The summed E-state index contributed by atoms with van der Waals surface area (Å²) in [5.74, 6) is 0.967. The van der Waals surface area contributed by atoms with E-state index in [1.807, 2.05) is 78.3 Å².